The maximum absolute atomic E-state index is 13.2. The Bertz CT molecular complexity index is 1510. The van der Waals surface area contributed by atoms with Crippen LogP contribution in [0.3, 0.4) is 0 Å². The molecule has 0 bridgehead atoms. The van der Waals surface area contributed by atoms with Gasteiger partial charge in [0.15, 0.2) is 10.9 Å². The van der Waals surface area contributed by atoms with Crippen molar-refractivity contribution in [2.45, 2.75) is 31.6 Å². The third-order valence-electron chi connectivity index (χ3n) is 5.64. The fourth-order valence-electron chi connectivity index (χ4n) is 4.05. The Labute approximate surface area is 187 Å². The van der Waals surface area contributed by atoms with E-state index in [9.17, 15) is 21.6 Å². The van der Waals surface area contributed by atoms with Crippen LogP contribution >= 0.6 is 0 Å². The van der Waals surface area contributed by atoms with Gasteiger partial charge in [-0.2, -0.15) is 26.7 Å². The molecule has 0 aliphatic carbocycles. The Morgan fingerprint density at radius 3 is 2.48 bits per heavy atom. The molecule has 0 fully saturated rings. The topological polar surface area (TPSA) is 81.0 Å². The van der Waals surface area contributed by atoms with Crippen LogP contribution in [-0.2, 0) is 22.7 Å². The second-order valence-corrected chi connectivity index (χ2v) is 9.68. The summed E-state index contributed by atoms with van der Waals surface area (Å²) in [6.45, 7) is 4.20. The van der Waals surface area contributed by atoms with Gasteiger partial charge in [0.2, 0.25) is 0 Å². The zero-order valence-corrected chi connectivity index (χ0v) is 18.4. The largest absolute Gasteiger partial charge is 0.416 e. The van der Waals surface area contributed by atoms with Crippen molar-refractivity contribution in [1.82, 2.24) is 19.7 Å². The van der Waals surface area contributed by atoms with E-state index < -0.39 is 21.8 Å². The van der Waals surface area contributed by atoms with Gasteiger partial charge in [-0.05, 0) is 55.8 Å². The summed E-state index contributed by atoms with van der Waals surface area (Å²) >= 11 is 0. The zero-order valence-electron chi connectivity index (χ0n) is 17.6. The molecule has 11 heteroatoms. The molecule has 2 aromatic heterocycles. The molecule has 1 aliphatic heterocycles. The molecule has 33 heavy (non-hydrogen) atoms. The Morgan fingerprint density at radius 1 is 0.970 bits per heavy atom. The highest BCUT2D eigenvalue weighted by molar-refractivity contribution is 7.92. The number of aryl methyl sites for hydroxylation is 2. The van der Waals surface area contributed by atoms with Gasteiger partial charge in [-0.25, -0.2) is 9.97 Å². The van der Waals surface area contributed by atoms with Crippen molar-refractivity contribution in [3.63, 3.8) is 0 Å². The number of fused-ring (bicyclic) bond motifs is 2. The van der Waals surface area contributed by atoms with E-state index in [1.807, 2.05) is 0 Å². The van der Waals surface area contributed by atoms with Crippen LogP contribution in [0.25, 0.3) is 22.3 Å². The van der Waals surface area contributed by atoms with E-state index in [1.165, 1.54) is 21.3 Å². The monoisotopic (exact) mass is 473 g/mol. The summed E-state index contributed by atoms with van der Waals surface area (Å²) in [7, 11) is -3.76. The second kappa shape index (κ2) is 7.27. The lowest BCUT2D eigenvalue weighted by Gasteiger charge is -2.30. The predicted molar refractivity (Wildman–Crippen MR) is 116 cm³/mol. The quantitative estimate of drug-likeness (QED) is 0.433. The molecular weight excluding hydrogens is 455 g/mol. The van der Waals surface area contributed by atoms with E-state index in [0.717, 1.165) is 12.1 Å². The summed E-state index contributed by atoms with van der Waals surface area (Å²) in [5.41, 5.74) is 2.10. The number of alkyl halides is 3. The number of hydrogen-bond acceptors (Lipinski definition) is 5. The van der Waals surface area contributed by atoms with Crippen LogP contribution < -0.4 is 4.31 Å². The first-order valence-electron chi connectivity index (χ1n) is 10.1. The van der Waals surface area contributed by atoms with Gasteiger partial charge in [0.05, 0.1) is 36.1 Å². The summed E-state index contributed by atoms with van der Waals surface area (Å²) < 4.78 is 68.1. The van der Waals surface area contributed by atoms with E-state index in [1.54, 1.807) is 38.2 Å². The van der Waals surface area contributed by atoms with Crippen LogP contribution in [0.1, 0.15) is 16.7 Å². The van der Waals surface area contributed by atoms with E-state index in [4.69, 9.17) is 0 Å². The van der Waals surface area contributed by atoms with Gasteiger partial charge in [0.1, 0.15) is 0 Å². The van der Waals surface area contributed by atoms with Crippen LogP contribution in [0.15, 0.2) is 53.8 Å². The second-order valence-electron chi connectivity index (χ2n) is 7.90. The first-order chi connectivity index (χ1) is 15.6. The highest BCUT2D eigenvalue weighted by Gasteiger charge is 2.35. The normalized spacial score (nSPS) is 15.6. The highest BCUT2D eigenvalue weighted by Crippen LogP contribution is 2.34. The Hall–Kier alpha value is -3.47. The van der Waals surface area contributed by atoms with Gasteiger partial charge in [-0.3, -0.25) is 8.99 Å². The van der Waals surface area contributed by atoms with Crippen LogP contribution in [0.2, 0.25) is 0 Å². The molecule has 0 radical (unpaired) electrons. The van der Waals surface area contributed by atoms with Crippen molar-refractivity contribution >= 4 is 26.6 Å². The Morgan fingerprint density at radius 2 is 1.76 bits per heavy atom. The molecule has 0 spiro atoms. The van der Waals surface area contributed by atoms with Crippen LogP contribution in [0, 0.1) is 13.8 Å². The number of benzene rings is 2. The molecule has 1 aliphatic rings. The Kier molecular flexibility index (Phi) is 4.71. The average Bonchev–Trinajstić information content (AvgIpc) is 3.15. The van der Waals surface area contributed by atoms with Crippen molar-refractivity contribution in [1.29, 1.82) is 0 Å². The number of nitrogens with zero attached hydrogens (tertiary/aromatic N) is 5. The standard InChI is InChI=1S/C22H18F3N5O2S/c1-13-9-15(20-26-12-16-10-17(22(23,24)25)4-5-18(16)28-20)3-6-19(13)30-8-7-29-21(33(30,31)32)14(2)11-27-29/h3-6,9-12H,7-8H2,1-2H3. The molecule has 0 saturated heterocycles. The summed E-state index contributed by atoms with van der Waals surface area (Å²) in [6, 6.07) is 8.50. The third kappa shape index (κ3) is 3.52. The lowest BCUT2D eigenvalue weighted by Crippen LogP contribution is -2.40. The summed E-state index contributed by atoms with van der Waals surface area (Å²) in [5, 5.41) is 4.61. The number of halogens is 3. The lowest BCUT2D eigenvalue weighted by atomic mass is 10.1. The van der Waals surface area contributed by atoms with Crippen molar-refractivity contribution in [3.8, 4) is 11.4 Å². The lowest BCUT2D eigenvalue weighted by molar-refractivity contribution is -0.137. The molecule has 0 amide bonds. The van der Waals surface area contributed by atoms with Crippen molar-refractivity contribution in [2.75, 3.05) is 10.8 Å². The minimum atomic E-state index is -4.44. The molecular formula is C22H18F3N5O2S. The SMILES string of the molecule is Cc1cc(-c2ncc3cc(C(F)(F)F)ccc3n2)ccc1N1CCn2ncc(C)c2S1(=O)=O. The fourth-order valence-corrected chi connectivity index (χ4v) is 5.91. The molecule has 5 rings (SSSR count). The predicted octanol–water partition coefficient (Wildman–Crippen LogP) is 4.34. The van der Waals surface area contributed by atoms with Crippen molar-refractivity contribution < 1.29 is 21.6 Å². The van der Waals surface area contributed by atoms with E-state index >= 15 is 0 Å². The number of anilines is 1. The third-order valence-corrected chi connectivity index (χ3v) is 7.62. The van der Waals surface area contributed by atoms with Crippen LogP contribution in [0.4, 0.5) is 18.9 Å². The van der Waals surface area contributed by atoms with E-state index in [0.29, 0.717) is 40.3 Å². The van der Waals surface area contributed by atoms with Gasteiger partial charge >= 0.3 is 6.18 Å². The van der Waals surface area contributed by atoms with Gasteiger partial charge in [-0.15, -0.1) is 0 Å². The van der Waals surface area contributed by atoms with E-state index in [2.05, 4.69) is 15.1 Å². The van der Waals surface area contributed by atoms with Crippen molar-refractivity contribution in [3.05, 3.63) is 65.5 Å². The average molecular weight is 473 g/mol. The van der Waals surface area contributed by atoms with Gasteiger partial charge in [0.25, 0.3) is 10.0 Å². The first-order valence-corrected chi connectivity index (χ1v) is 11.5. The fraction of sp³-hybridized carbons (Fsp3) is 0.227. The number of sulfonamides is 1. The van der Waals surface area contributed by atoms with E-state index in [-0.39, 0.29) is 17.0 Å². The molecule has 0 N–H and O–H groups in total. The van der Waals surface area contributed by atoms with Crippen LogP contribution in [0.5, 0.6) is 0 Å². The van der Waals surface area contributed by atoms with Crippen molar-refractivity contribution in [2.24, 2.45) is 0 Å². The molecule has 0 unspecified atom stereocenters. The van der Waals surface area contributed by atoms with Crippen LogP contribution in [-0.4, -0.2) is 34.7 Å². The smallest absolute Gasteiger partial charge is 0.263 e. The molecule has 3 heterocycles. The zero-order chi connectivity index (χ0) is 23.5. The molecule has 170 valence electrons. The number of hydrogen-bond donors (Lipinski definition) is 0. The molecule has 2 aromatic carbocycles. The maximum atomic E-state index is 13.2. The van der Waals surface area contributed by atoms with Gasteiger partial charge in [0, 0.05) is 22.7 Å². The summed E-state index contributed by atoms with van der Waals surface area (Å²) in [6.07, 6.45) is -1.54. The summed E-state index contributed by atoms with van der Waals surface area (Å²) in [5.74, 6) is 0.340. The van der Waals surface area contributed by atoms with Gasteiger partial charge in [-0.1, -0.05) is 0 Å². The number of aromatic nitrogens is 4. The first kappa shape index (κ1) is 21.4. The minimum absolute atomic E-state index is 0.188. The number of rotatable bonds is 2. The molecule has 0 saturated carbocycles. The maximum Gasteiger partial charge on any atom is 0.416 e. The summed E-state index contributed by atoms with van der Waals surface area (Å²) in [4.78, 5) is 8.62. The molecule has 0 atom stereocenters. The minimum Gasteiger partial charge on any atom is -0.263 e. The molecule has 7 nitrogen and oxygen atoms in total. The molecule has 4 aromatic rings. The highest BCUT2D eigenvalue weighted by atomic mass is 32.2. The Balaban J connectivity index is 1.51. The van der Waals surface area contributed by atoms with Gasteiger partial charge < -0.3 is 0 Å².